The second-order valence-corrected chi connectivity index (χ2v) is 3.59. The molecular weight excluding hydrogens is 142 g/mol. The second kappa shape index (κ2) is 3.22. The zero-order valence-electron chi connectivity index (χ0n) is 6.88. The molecule has 0 spiro atoms. The zero-order valence-corrected chi connectivity index (χ0v) is 6.88. The first kappa shape index (κ1) is 8.53. The Balaban J connectivity index is 2.30. The molecular formula is C8H15NO2. The van der Waals surface area contributed by atoms with E-state index in [-0.39, 0.29) is 11.6 Å². The van der Waals surface area contributed by atoms with Crippen LogP contribution in [-0.2, 0) is 9.53 Å². The molecule has 3 heteroatoms. The Morgan fingerprint density at radius 1 is 1.55 bits per heavy atom. The first-order valence-corrected chi connectivity index (χ1v) is 4.02. The summed E-state index contributed by atoms with van der Waals surface area (Å²) in [5.74, 6) is 0. The number of hydrogen-bond donors (Lipinski definition) is 1. The highest BCUT2D eigenvalue weighted by Crippen LogP contribution is 2.26. The lowest BCUT2D eigenvalue weighted by Crippen LogP contribution is -2.41. The Bertz CT molecular complexity index is 135. The number of hydrogen-bond acceptors (Lipinski definition) is 3. The molecule has 1 aliphatic carbocycles. The molecule has 2 N–H and O–H groups in total. The van der Waals surface area contributed by atoms with Crippen LogP contribution in [0, 0.1) is 0 Å². The minimum absolute atomic E-state index is 0.0389. The van der Waals surface area contributed by atoms with E-state index in [0.29, 0.717) is 6.47 Å². The SMILES string of the molecule is C[C@]1(N)CC[C@@H](OC=O)CC1. The van der Waals surface area contributed by atoms with Gasteiger partial charge in [-0.25, -0.2) is 0 Å². The van der Waals surface area contributed by atoms with E-state index in [1.54, 1.807) is 0 Å². The fourth-order valence-corrected chi connectivity index (χ4v) is 1.47. The molecule has 3 nitrogen and oxygen atoms in total. The highest BCUT2D eigenvalue weighted by molar-refractivity contribution is 5.37. The molecule has 0 aromatic carbocycles. The van der Waals surface area contributed by atoms with Crippen LogP contribution in [0.25, 0.3) is 0 Å². The molecule has 0 aliphatic heterocycles. The van der Waals surface area contributed by atoms with Crippen LogP contribution >= 0.6 is 0 Å². The van der Waals surface area contributed by atoms with Crippen molar-refractivity contribution in [2.45, 2.75) is 44.2 Å². The van der Waals surface area contributed by atoms with Crippen LogP contribution < -0.4 is 5.73 Å². The van der Waals surface area contributed by atoms with Crippen LogP contribution in [0.4, 0.5) is 0 Å². The van der Waals surface area contributed by atoms with Crippen LogP contribution in [0.1, 0.15) is 32.6 Å². The van der Waals surface area contributed by atoms with Crippen LogP contribution in [0.15, 0.2) is 0 Å². The lowest BCUT2D eigenvalue weighted by Gasteiger charge is -2.32. The van der Waals surface area contributed by atoms with Crippen molar-refractivity contribution in [1.82, 2.24) is 0 Å². The molecule has 0 amide bonds. The molecule has 0 aromatic heterocycles. The fraction of sp³-hybridized carbons (Fsp3) is 0.875. The van der Waals surface area contributed by atoms with Crippen molar-refractivity contribution in [3.63, 3.8) is 0 Å². The van der Waals surface area contributed by atoms with Gasteiger partial charge in [0, 0.05) is 5.54 Å². The van der Waals surface area contributed by atoms with Crippen LogP contribution in [-0.4, -0.2) is 18.1 Å². The lowest BCUT2D eigenvalue weighted by atomic mass is 9.83. The summed E-state index contributed by atoms with van der Waals surface area (Å²) in [4.78, 5) is 9.98. The fourth-order valence-electron chi connectivity index (χ4n) is 1.47. The summed E-state index contributed by atoms with van der Waals surface area (Å²) in [7, 11) is 0. The first-order chi connectivity index (χ1) is 5.14. The molecule has 0 atom stereocenters. The summed E-state index contributed by atoms with van der Waals surface area (Å²) in [5.41, 5.74) is 5.85. The Hall–Kier alpha value is -0.570. The molecule has 64 valence electrons. The van der Waals surface area contributed by atoms with Gasteiger partial charge in [-0.15, -0.1) is 0 Å². The van der Waals surface area contributed by atoms with Gasteiger partial charge < -0.3 is 10.5 Å². The van der Waals surface area contributed by atoms with Crippen molar-refractivity contribution >= 4 is 6.47 Å². The molecule has 1 saturated carbocycles. The molecule has 1 aliphatic rings. The monoisotopic (exact) mass is 157 g/mol. The van der Waals surface area contributed by atoms with Crippen molar-refractivity contribution in [2.75, 3.05) is 0 Å². The van der Waals surface area contributed by atoms with E-state index < -0.39 is 0 Å². The molecule has 0 heterocycles. The van der Waals surface area contributed by atoms with Crippen LogP contribution in [0.3, 0.4) is 0 Å². The summed E-state index contributed by atoms with van der Waals surface area (Å²) in [5, 5.41) is 0. The smallest absolute Gasteiger partial charge is 0.293 e. The molecule has 0 unspecified atom stereocenters. The van der Waals surface area contributed by atoms with Crippen molar-refractivity contribution in [3.8, 4) is 0 Å². The Kier molecular flexibility index (Phi) is 2.49. The normalized spacial score (nSPS) is 38.2. The Morgan fingerprint density at radius 3 is 2.55 bits per heavy atom. The van der Waals surface area contributed by atoms with Crippen LogP contribution in [0.2, 0.25) is 0 Å². The maximum Gasteiger partial charge on any atom is 0.293 e. The molecule has 11 heavy (non-hydrogen) atoms. The summed E-state index contributed by atoms with van der Waals surface area (Å²) < 4.78 is 4.84. The van der Waals surface area contributed by atoms with Gasteiger partial charge >= 0.3 is 0 Å². The van der Waals surface area contributed by atoms with Crippen molar-refractivity contribution in [1.29, 1.82) is 0 Å². The third kappa shape index (κ3) is 2.50. The third-order valence-electron chi connectivity index (χ3n) is 2.32. The summed E-state index contributed by atoms with van der Waals surface area (Å²) >= 11 is 0. The maximum atomic E-state index is 9.98. The third-order valence-corrected chi connectivity index (χ3v) is 2.32. The van der Waals surface area contributed by atoms with E-state index >= 15 is 0 Å². The van der Waals surface area contributed by atoms with Crippen molar-refractivity contribution in [3.05, 3.63) is 0 Å². The predicted molar refractivity (Wildman–Crippen MR) is 42.0 cm³/mol. The molecule has 0 radical (unpaired) electrons. The van der Waals surface area contributed by atoms with E-state index in [4.69, 9.17) is 10.5 Å². The molecule has 1 fully saturated rings. The van der Waals surface area contributed by atoms with E-state index in [1.807, 2.05) is 6.92 Å². The predicted octanol–water partition coefficient (Wildman–Crippen LogP) is 0.819. The van der Waals surface area contributed by atoms with Crippen molar-refractivity contribution in [2.24, 2.45) is 5.73 Å². The van der Waals surface area contributed by atoms with E-state index in [1.165, 1.54) is 0 Å². The number of ether oxygens (including phenoxy) is 1. The lowest BCUT2D eigenvalue weighted by molar-refractivity contribution is -0.135. The first-order valence-electron chi connectivity index (χ1n) is 4.02. The zero-order chi connectivity index (χ0) is 8.32. The highest BCUT2D eigenvalue weighted by Gasteiger charge is 2.27. The van der Waals surface area contributed by atoms with Crippen LogP contribution in [0.5, 0.6) is 0 Å². The van der Waals surface area contributed by atoms with Gasteiger partial charge in [0.25, 0.3) is 6.47 Å². The highest BCUT2D eigenvalue weighted by atomic mass is 16.5. The molecule has 0 bridgehead atoms. The van der Waals surface area contributed by atoms with Gasteiger partial charge in [0.15, 0.2) is 0 Å². The second-order valence-electron chi connectivity index (χ2n) is 3.59. The molecule has 0 aromatic rings. The van der Waals surface area contributed by atoms with Gasteiger partial charge in [-0.1, -0.05) is 0 Å². The maximum absolute atomic E-state index is 9.98. The largest absolute Gasteiger partial charge is 0.465 e. The van der Waals surface area contributed by atoms with E-state index in [0.717, 1.165) is 25.7 Å². The van der Waals surface area contributed by atoms with Gasteiger partial charge in [-0.3, -0.25) is 4.79 Å². The quantitative estimate of drug-likeness (QED) is 0.604. The topological polar surface area (TPSA) is 52.3 Å². The van der Waals surface area contributed by atoms with Gasteiger partial charge in [0.1, 0.15) is 6.10 Å². The number of carbonyl (C=O) groups is 1. The molecule has 0 saturated heterocycles. The molecule has 1 rings (SSSR count). The summed E-state index contributed by atoms with van der Waals surface area (Å²) in [6, 6.07) is 0. The minimum Gasteiger partial charge on any atom is -0.465 e. The van der Waals surface area contributed by atoms with Gasteiger partial charge in [-0.2, -0.15) is 0 Å². The standard InChI is InChI=1S/C8H15NO2/c1-8(9)4-2-7(3-5-8)11-6-10/h6-7H,2-5,9H2,1H3/t7-,8+. The van der Waals surface area contributed by atoms with Gasteiger partial charge in [-0.05, 0) is 32.6 Å². The minimum atomic E-state index is -0.0389. The van der Waals surface area contributed by atoms with E-state index in [2.05, 4.69) is 0 Å². The number of rotatable bonds is 2. The average molecular weight is 157 g/mol. The van der Waals surface area contributed by atoms with E-state index in [9.17, 15) is 4.79 Å². The van der Waals surface area contributed by atoms with Gasteiger partial charge in [0.05, 0.1) is 0 Å². The average Bonchev–Trinajstić information content (AvgIpc) is 1.94. The Labute approximate surface area is 66.9 Å². The summed E-state index contributed by atoms with van der Waals surface area (Å²) in [6.45, 7) is 2.58. The van der Waals surface area contributed by atoms with Gasteiger partial charge in [0.2, 0.25) is 0 Å². The number of nitrogens with two attached hydrogens (primary N) is 1. The Morgan fingerprint density at radius 2 is 2.09 bits per heavy atom. The number of carbonyl (C=O) groups excluding carboxylic acids is 1. The summed E-state index contributed by atoms with van der Waals surface area (Å²) in [6.07, 6.45) is 3.83. The van der Waals surface area contributed by atoms with Crippen molar-refractivity contribution < 1.29 is 9.53 Å².